The average Bonchev–Trinajstić information content (AvgIpc) is 2.41. The molecule has 20 heavy (non-hydrogen) atoms. The zero-order valence-corrected chi connectivity index (χ0v) is 11.9. The number of fused-ring (bicyclic) bond motifs is 1. The molecule has 0 saturated heterocycles. The van der Waals surface area contributed by atoms with Crippen LogP contribution in [0.15, 0.2) is 40.9 Å². The molecule has 0 aromatic heterocycles. The lowest BCUT2D eigenvalue weighted by Crippen LogP contribution is -2.20. The van der Waals surface area contributed by atoms with Crippen molar-refractivity contribution in [2.24, 2.45) is 0 Å². The van der Waals surface area contributed by atoms with Gasteiger partial charge in [0.25, 0.3) is 0 Å². The fourth-order valence-corrected chi connectivity index (χ4v) is 2.72. The molecule has 1 heterocycles. The fraction of sp³-hybridized carbons (Fsp3) is 0.200. The second kappa shape index (κ2) is 5.14. The van der Waals surface area contributed by atoms with E-state index >= 15 is 0 Å². The van der Waals surface area contributed by atoms with Gasteiger partial charge in [0.1, 0.15) is 11.9 Å². The minimum absolute atomic E-state index is 0.120. The van der Waals surface area contributed by atoms with Crippen LogP contribution in [0.25, 0.3) is 0 Å². The molecule has 0 fully saturated rings. The molecule has 0 amide bonds. The van der Waals surface area contributed by atoms with Gasteiger partial charge in [0, 0.05) is 22.0 Å². The van der Waals surface area contributed by atoms with Gasteiger partial charge in [-0.15, -0.1) is 0 Å². The zero-order chi connectivity index (χ0) is 14.3. The van der Waals surface area contributed by atoms with E-state index in [-0.39, 0.29) is 12.0 Å². The van der Waals surface area contributed by atoms with Crippen molar-refractivity contribution in [3.8, 4) is 5.75 Å². The summed E-state index contributed by atoms with van der Waals surface area (Å²) >= 11 is 3.32. The summed E-state index contributed by atoms with van der Waals surface area (Å²) in [6.07, 6.45) is -1.28. The van der Waals surface area contributed by atoms with Crippen LogP contribution in [-0.4, -0.2) is 5.11 Å². The molecule has 0 saturated carbocycles. The van der Waals surface area contributed by atoms with E-state index in [0.29, 0.717) is 11.3 Å². The van der Waals surface area contributed by atoms with E-state index < -0.39 is 23.8 Å². The summed E-state index contributed by atoms with van der Waals surface area (Å²) in [5.74, 6) is -1.37. The summed E-state index contributed by atoms with van der Waals surface area (Å²) in [7, 11) is 0. The van der Waals surface area contributed by atoms with Gasteiger partial charge in [-0.05, 0) is 18.2 Å². The molecule has 2 aromatic carbocycles. The van der Waals surface area contributed by atoms with Gasteiger partial charge in [-0.25, -0.2) is 8.78 Å². The highest BCUT2D eigenvalue weighted by atomic mass is 79.9. The molecule has 0 radical (unpaired) electrons. The van der Waals surface area contributed by atoms with Crippen LogP contribution in [0.1, 0.15) is 29.8 Å². The van der Waals surface area contributed by atoms with Crippen LogP contribution in [0, 0.1) is 11.6 Å². The number of benzene rings is 2. The Bertz CT molecular complexity index is 660. The highest BCUT2D eigenvalue weighted by Gasteiger charge is 2.30. The van der Waals surface area contributed by atoms with E-state index in [2.05, 4.69) is 15.9 Å². The molecule has 2 nitrogen and oxygen atoms in total. The molecule has 0 spiro atoms. The van der Waals surface area contributed by atoms with Crippen molar-refractivity contribution in [3.63, 3.8) is 0 Å². The maximum absolute atomic E-state index is 13.8. The van der Waals surface area contributed by atoms with Gasteiger partial charge in [0.15, 0.2) is 11.6 Å². The third kappa shape index (κ3) is 2.31. The van der Waals surface area contributed by atoms with Crippen molar-refractivity contribution in [1.29, 1.82) is 0 Å². The minimum atomic E-state index is -0.928. The van der Waals surface area contributed by atoms with Crippen molar-refractivity contribution in [2.45, 2.75) is 18.6 Å². The number of halogens is 3. The molecule has 104 valence electrons. The monoisotopic (exact) mass is 340 g/mol. The Kier molecular flexibility index (Phi) is 3.48. The van der Waals surface area contributed by atoms with Gasteiger partial charge < -0.3 is 9.84 Å². The number of hydrogen-bond donors (Lipinski definition) is 1. The Hall–Kier alpha value is -1.46. The van der Waals surface area contributed by atoms with Crippen molar-refractivity contribution in [2.75, 3.05) is 0 Å². The van der Waals surface area contributed by atoms with Crippen LogP contribution in [0.5, 0.6) is 5.75 Å². The maximum Gasteiger partial charge on any atom is 0.165 e. The molecular weight excluding hydrogens is 330 g/mol. The largest absolute Gasteiger partial charge is 0.485 e. The maximum atomic E-state index is 13.8. The minimum Gasteiger partial charge on any atom is -0.485 e. The number of aliphatic hydroxyl groups excluding tert-OH is 1. The normalized spacial score (nSPS) is 21.2. The Balaban J connectivity index is 2.00. The van der Waals surface area contributed by atoms with Crippen LogP contribution in [0.4, 0.5) is 8.78 Å². The highest BCUT2D eigenvalue weighted by molar-refractivity contribution is 9.10. The molecule has 3 rings (SSSR count). The molecule has 0 aliphatic carbocycles. The molecule has 1 N–H and O–H groups in total. The van der Waals surface area contributed by atoms with Crippen LogP contribution < -0.4 is 4.74 Å². The first-order valence-corrected chi connectivity index (χ1v) is 6.93. The topological polar surface area (TPSA) is 29.5 Å². The van der Waals surface area contributed by atoms with E-state index in [4.69, 9.17) is 4.74 Å². The van der Waals surface area contributed by atoms with Gasteiger partial charge in [-0.1, -0.05) is 34.1 Å². The molecular formula is C15H11BrF2O2. The smallest absolute Gasteiger partial charge is 0.165 e. The zero-order valence-electron chi connectivity index (χ0n) is 10.3. The Morgan fingerprint density at radius 3 is 2.75 bits per heavy atom. The lowest BCUT2D eigenvalue weighted by molar-refractivity contribution is 0.0636. The molecule has 5 heteroatoms. The van der Waals surface area contributed by atoms with Crippen molar-refractivity contribution in [1.82, 2.24) is 0 Å². The van der Waals surface area contributed by atoms with E-state index in [1.165, 1.54) is 12.1 Å². The SMILES string of the molecule is O[C@H]1CC(c2cccc(F)c2F)Oc2cc(Br)ccc21. The average molecular weight is 341 g/mol. The van der Waals surface area contributed by atoms with E-state index in [0.717, 1.165) is 10.5 Å². The summed E-state index contributed by atoms with van der Waals surface area (Å²) in [5.41, 5.74) is 0.774. The van der Waals surface area contributed by atoms with Crippen molar-refractivity contribution >= 4 is 15.9 Å². The predicted molar refractivity (Wildman–Crippen MR) is 73.4 cm³/mol. The first-order valence-electron chi connectivity index (χ1n) is 6.14. The fourth-order valence-electron chi connectivity index (χ4n) is 2.38. The van der Waals surface area contributed by atoms with Crippen LogP contribution in [-0.2, 0) is 0 Å². The molecule has 1 aliphatic heterocycles. The number of hydrogen-bond acceptors (Lipinski definition) is 2. The lowest BCUT2D eigenvalue weighted by Gasteiger charge is -2.30. The molecule has 2 atom stereocenters. The number of rotatable bonds is 1. The third-order valence-corrected chi connectivity index (χ3v) is 3.86. The summed E-state index contributed by atoms with van der Waals surface area (Å²) in [4.78, 5) is 0. The highest BCUT2D eigenvalue weighted by Crippen LogP contribution is 2.42. The Labute approximate surface area is 123 Å². The summed E-state index contributed by atoms with van der Waals surface area (Å²) in [6, 6.07) is 9.22. The van der Waals surface area contributed by atoms with Crippen LogP contribution in [0.2, 0.25) is 0 Å². The van der Waals surface area contributed by atoms with Gasteiger partial charge in [0.05, 0.1) is 6.10 Å². The van der Waals surface area contributed by atoms with E-state index in [1.54, 1.807) is 18.2 Å². The van der Waals surface area contributed by atoms with E-state index in [1.807, 2.05) is 0 Å². The van der Waals surface area contributed by atoms with Crippen molar-refractivity contribution in [3.05, 3.63) is 63.6 Å². The van der Waals surface area contributed by atoms with E-state index in [9.17, 15) is 13.9 Å². The summed E-state index contributed by atoms with van der Waals surface area (Å²) < 4.78 is 33.6. The van der Waals surface area contributed by atoms with Gasteiger partial charge in [0.2, 0.25) is 0 Å². The van der Waals surface area contributed by atoms with Gasteiger partial charge in [-0.2, -0.15) is 0 Å². The molecule has 1 unspecified atom stereocenters. The third-order valence-electron chi connectivity index (χ3n) is 3.37. The number of ether oxygens (including phenoxy) is 1. The van der Waals surface area contributed by atoms with Gasteiger partial charge >= 0.3 is 0 Å². The first kappa shape index (κ1) is 13.5. The Morgan fingerprint density at radius 1 is 1.15 bits per heavy atom. The lowest BCUT2D eigenvalue weighted by atomic mass is 9.95. The standard InChI is InChI=1S/C15H11BrF2O2/c16-8-4-5-9-12(19)7-14(20-13(9)6-8)10-2-1-3-11(17)15(10)18/h1-6,12,14,19H,7H2/t12-,14?/m0/s1. The number of aliphatic hydroxyl groups is 1. The van der Waals surface area contributed by atoms with Crippen LogP contribution >= 0.6 is 15.9 Å². The molecule has 1 aliphatic rings. The first-order chi connectivity index (χ1) is 9.56. The quantitative estimate of drug-likeness (QED) is 0.839. The van der Waals surface area contributed by atoms with Crippen LogP contribution in [0.3, 0.4) is 0 Å². The molecule has 0 bridgehead atoms. The summed E-state index contributed by atoms with van der Waals surface area (Å²) in [5, 5.41) is 10.1. The molecule has 2 aromatic rings. The predicted octanol–water partition coefficient (Wildman–Crippen LogP) is 4.28. The second-order valence-corrected chi connectivity index (χ2v) is 5.60. The Morgan fingerprint density at radius 2 is 1.95 bits per heavy atom. The van der Waals surface area contributed by atoms with Crippen molar-refractivity contribution < 1.29 is 18.6 Å². The summed E-state index contributed by atoms with van der Waals surface area (Å²) in [6.45, 7) is 0. The second-order valence-electron chi connectivity index (χ2n) is 4.68. The van der Waals surface area contributed by atoms with Gasteiger partial charge in [-0.3, -0.25) is 0 Å².